The Bertz CT molecular complexity index is 1830. The predicted octanol–water partition coefficient (Wildman–Crippen LogP) is 11.7. The van der Waals surface area contributed by atoms with Gasteiger partial charge in [-0.25, -0.2) is 0 Å². The third kappa shape index (κ3) is 4.86. The number of benzene rings is 7. The van der Waals surface area contributed by atoms with Crippen LogP contribution in [0.1, 0.15) is 0 Å². The van der Waals surface area contributed by atoms with Gasteiger partial charge >= 0.3 is 0 Å². The summed E-state index contributed by atoms with van der Waals surface area (Å²) in [7, 11) is 0. The number of fused-ring (bicyclic) bond motifs is 2. The molecular weight excluding hydrogens is 564 g/mol. The van der Waals surface area contributed by atoms with E-state index in [4.69, 9.17) is 0 Å². The molecule has 7 aromatic rings. The lowest BCUT2D eigenvalue weighted by molar-refractivity contribution is 1.24. The summed E-state index contributed by atoms with van der Waals surface area (Å²) >= 11 is 4.09. The molecule has 0 unspecified atom stereocenters. The second-order valence-electron chi connectivity index (χ2n) is 10.0. The summed E-state index contributed by atoms with van der Waals surface area (Å²) in [6.45, 7) is 0. The topological polar surface area (TPSA) is 6.48 Å². The maximum absolute atomic E-state index is 4.09. The van der Waals surface area contributed by atoms with E-state index in [9.17, 15) is 0 Å². The SMILES string of the molecule is Brc1c(N(c2ccccc2)c2ccc3ccccc3c2)cccc1N(c1ccccc1)c1ccc2ccccc2c1. The number of para-hydroxylation sites is 2. The van der Waals surface area contributed by atoms with Crippen LogP contribution < -0.4 is 9.80 Å². The Hall–Kier alpha value is -4.86. The van der Waals surface area contributed by atoms with E-state index in [0.717, 1.165) is 38.6 Å². The van der Waals surface area contributed by atoms with Crippen molar-refractivity contribution in [2.75, 3.05) is 9.80 Å². The summed E-state index contributed by atoms with van der Waals surface area (Å²) in [6.07, 6.45) is 0. The fraction of sp³-hybridized carbons (Fsp3) is 0. The highest BCUT2D eigenvalue weighted by atomic mass is 79.9. The molecule has 7 rings (SSSR count). The van der Waals surface area contributed by atoms with Gasteiger partial charge in [0.1, 0.15) is 0 Å². The first kappa shape index (κ1) is 25.1. The molecule has 0 saturated carbocycles. The van der Waals surface area contributed by atoms with Crippen LogP contribution in [0.5, 0.6) is 0 Å². The standard InChI is InChI=1S/C38H27BrN2/c39-38-36(40(32-16-3-1-4-17-32)34-24-22-28-12-7-9-14-30(28)26-34)20-11-21-37(38)41(33-18-5-2-6-19-33)35-25-23-29-13-8-10-15-31(29)27-35/h1-27H. The van der Waals surface area contributed by atoms with Crippen LogP contribution in [0.3, 0.4) is 0 Å². The third-order valence-corrected chi connectivity index (χ3v) is 8.26. The van der Waals surface area contributed by atoms with Gasteiger partial charge in [0.25, 0.3) is 0 Å². The molecule has 0 radical (unpaired) electrons. The van der Waals surface area contributed by atoms with Crippen molar-refractivity contribution in [2.45, 2.75) is 0 Å². The highest BCUT2D eigenvalue weighted by Gasteiger charge is 2.22. The van der Waals surface area contributed by atoms with Gasteiger partial charge in [-0.3, -0.25) is 0 Å². The molecule has 0 fully saturated rings. The van der Waals surface area contributed by atoms with Crippen molar-refractivity contribution in [1.82, 2.24) is 0 Å². The summed E-state index contributed by atoms with van der Waals surface area (Å²) in [4.78, 5) is 4.65. The number of rotatable bonds is 6. The molecule has 0 amide bonds. The first-order valence-corrected chi connectivity index (χ1v) is 14.5. The van der Waals surface area contributed by atoms with Crippen LogP contribution in [-0.4, -0.2) is 0 Å². The van der Waals surface area contributed by atoms with Crippen molar-refractivity contribution >= 4 is 71.6 Å². The van der Waals surface area contributed by atoms with Gasteiger partial charge in [-0.2, -0.15) is 0 Å². The summed E-state index contributed by atoms with van der Waals surface area (Å²) in [5.41, 5.74) is 6.51. The third-order valence-electron chi connectivity index (χ3n) is 7.45. The zero-order valence-corrected chi connectivity index (χ0v) is 23.9. The maximum Gasteiger partial charge on any atom is 0.0656 e. The van der Waals surface area contributed by atoms with Crippen LogP contribution >= 0.6 is 15.9 Å². The minimum Gasteiger partial charge on any atom is -0.309 e. The summed E-state index contributed by atoms with van der Waals surface area (Å²) in [5, 5.41) is 4.87. The van der Waals surface area contributed by atoms with Crippen molar-refractivity contribution in [3.05, 3.63) is 168 Å². The molecule has 0 N–H and O–H groups in total. The lowest BCUT2D eigenvalue weighted by atomic mass is 10.1. The van der Waals surface area contributed by atoms with Gasteiger partial charge in [0.2, 0.25) is 0 Å². The van der Waals surface area contributed by atoms with Gasteiger partial charge in [-0.1, -0.05) is 103 Å². The predicted molar refractivity (Wildman–Crippen MR) is 179 cm³/mol. The first-order chi connectivity index (χ1) is 20.3. The van der Waals surface area contributed by atoms with E-state index in [1.807, 2.05) is 0 Å². The smallest absolute Gasteiger partial charge is 0.0656 e. The second kappa shape index (κ2) is 11.0. The molecule has 7 aromatic carbocycles. The van der Waals surface area contributed by atoms with Gasteiger partial charge < -0.3 is 9.80 Å². The fourth-order valence-electron chi connectivity index (χ4n) is 5.49. The molecule has 0 aliphatic heterocycles. The molecule has 3 heteroatoms. The Morgan fingerprint density at radius 3 is 1.15 bits per heavy atom. The average molecular weight is 592 g/mol. The second-order valence-corrected chi connectivity index (χ2v) is 10.8. The van der Waals surface area contributed by atoms with Crippen molar-refractivity contribution < 1.29 is 0 Å². The van der Waals surface area contributed by atoms with Gasteiger partial charge in [-0.05, 0) is 98.1 Å². The average Bonchev–Trinajstić information content (AvgIpc) is 3.04. The van der Waals surface area contributed by atoms with Crippen LogP contribution in [0, 0.1) is 0 Å². The molecule has 0 aliphatic carbocycles. The van der Waals surface area contributed by atoms with Crippen LogP contribution in [0.15, 0.2) is 168 Å². The van der Waals surface area contributed by atoms with E-state index in [2.05, 4.69) is 190 Å². The lowest BCUT2D eigenvalue weighted by Crippen LogP contribution is -2.14. The maximum atomic E-state index is 4.09. The van der Waals surface area contributed by atoms with Gasteiger partial charge in [-0.15, -0.1) is 0 Å². The molecule has 2 nitrogen and oxygen atoms in total. The highest BCUT2D eigenvalue weighted by molar-refractivity contribution is 9.10. The van der Waals surface area contributed by atoms with E-state index < -0.39 is 0 Å². The van der Waals surface area contributed by atoms with Crippen LogP contribution in [0.4, 0.5) is 34.1 Å². The highest BCUT2D eigenvalue weighted by Crippen LogP contribution is 2.47. The molecule has 196 valence electrons. The lowest BCUT2D eigenvalue weighted by Gasteiger charge is -2.31. The molecule has 0 atom stereocenters. The van der Waals surface area contributed by atoms with Crippen molar-refractivity contribution in [3.8, 4) is 0 Å². The van der Waals surface area contributed by atoms with E-state index in [1.165, 1.54) is 21.5 Å². The van der Waals surface area contributed by atoms with Crippen molar-refractivity contribution in [3.63, 3.8) is 0 Å². The molecule has 41 heavy (non-hydrogen) atoms. The Balaban J connectivity index is 1.43. The minimum absolute atomic E-state index is 1.01. The fourth-order valence-corrected chi connectivity index (χ4v) is 6.11. The van der Waals surface area contributed by atoms with E-state index >= 15 is 0 Å². The van der Waals surface area contributed by atoms with E-state index in [0.29, 0.717) is 0 Å². The van der Waals surface area contributed by atoms with E-state index in [1.54, 1.807) is 0 Å². The monoisotopic (exact) mass is 590 g/mol. The molecule has 0 bridgehead atoms. The molecule has 0 saturated heterocycles. The number of hydrogen-bond donors (Lipinski definition) is 0. The summed E-state index contributed by atoms with van der Waals surface area (Å²) in [6, 6.07) is 58.0. The molecule has 0 spiro atoms. The Labute approximate surface area is 248 Å². The Morgan fingerprint density at radius 2 is 0.707 bits per heavy atom. The molecule has 0 aliphatic rings. The summed E-state index contributed by atoms with van der Waals surface area (Å²) < 4.78 is 1.01. The quantitative estimate of drug-likeness (QED) is 0.190. The number of nitrogens with zero attached hydrogens (tertiary/aromatic N) is 2. The van der Waals surface area contributed by atoms with Crippen LogP contribution in [-0.2, 0) is 0 Å². The van der Waals surface area contributed by atoms with Crippen LogP contribution in [0.2, 0.25) is 0 Å². The molecular formula is C38H27BrN2. The largest absolute Gasteiger partial charge is 0.309 e. The Morgan fingerprint density at radius 1 is 0.317 bits per heavy atom. The zero-order chi connectivity index (χ0) is 27.6. The molecule has 0 heterocycles. The van der Waals surface area contributed by atoms with Gasteiger partial charge in [0, 0.05) is 22.7 Å². The molecule has 0 aromatic heterocycles. The van der Waals surface area contributed by atoms with Crippen molar-refractivity contribution in [2.24, 2.45) is 0 Å². The van der Waals surface area contributed by atoms with Gasteiger partial charge in [0.15, 0.2) is 0 Å². The van der Waals surface area contributed by atoms with Gasteiger partial charge in [0.05, 0.1) is 15.8 Å². The number of halogens is 1. The Kier molecular flexibility index (Phi) is 6.72. The minimum atomic E-state index is 1.01. The normalized spacial score (nSPS) is 11.0. The number of anilines is 6. The summed E-state index contributed by atoms with van der Waals surface area (Å²) in [5.74, 6) is 0. The first-order valence-electron chi connectivity index (χ1n) is 13.7. The van der Waals surface area contributed by atoms with Crippen molar-refractivity contribution in [1.29, 1.82) is 0 Å². The van der Waals surface area contributed by atoms with E-state index in [-0.39, 0.29) is 0 Å². The zero-order valence-electron chi connectivity index (χ0n) is 22.4. The van der Waals surface area contributed by atoms with Crippen LogP contribution in [0.25, 0.3) is 21.5 Å². The number of hydrogen-bond acceptors (Lipinski definition) is 2.